The van der Waals surface area contributed by atoms with Gasteiger partial charge in [0.15, 0.2) is 5.82 Å². The van der Waals surface area contributed by atoms with Crippen molar-refractivity contribution in [1.29, 1.82) is 0 Å². The summed E-state index contributed by atoms with van der Waals surface area (Å²) in [5, 5.41) is 4.36. The number of ether oxygens (including phenoxy) is 1. The molecule has 4 rings (SSSR count). The second kappa shape index (κ2) is 6.76. The maximum Gasteiger partial charge on any atom is 0.291 e. The Kier molecular flexibility index (Phi) is 4.30. The highest BCUT2D eigenvalue weighted by molar-refractivity contribution is 7.15. The molecule has 0 bridgehead atoms. The zero-order valence-electron chi connectivity index (χ0n) is 14.4. The molecule has 3 aromatic heterocycles. The number of rotatable bonds is 5. The molecule has 0 spiro atoms. The third-order valence-corrected chi connectivity index (χ3v) is 4.77. The van der Waals surface area contributed by atoms with E-state index in [1.54, 1.807) is 12.3 Å². The minimum absolute atomic E-state index is 0.175. The van der Waals surface area contributed by atoms with Gasteiger partial charge in [-0.15, -0.1) is 5.10 Å². The number of aryl methyl sites for hydroxylation is 1. The molecule has 0 N–H and O–H groups in total. The highest BCUT2D eigenvalue weighted by Gasteiger charge is 2.12. The lowest BCUT2D eigenvalue weighted by molar-refractivity contribution is 0.317. The second-order valence-electron chi connectivity index (χ2n) is 5.91. The number of nitrogens with zero attached hydrogens (tertiary/aromatic N) is 3. The van der Waals surface area contributed by atoms with Crippen molar-refractivity contribution in [2.24, 2.45) is 0 Å². The summed E-state index contributed by atoms with van der Waals surface area (Å²) in [6.45, 7) is 4.62. The lowest BCUT2D eigenvalue weighted by atomic mass is 10.2. The van der Waals surface area contributed by atoms with Crippen LogP contribution in [-0.2, 0) is 0 Å². The number of benzene rings is 1. The van der Waals surface area contributed by atoms with Crippen molar-refractivity contribution < 1.29 is 9.15 Å². The van der Waals surface area contributed by atoms with Gasteiger partial charge in [-0.3, -0.25) is 4.79 Å². The number of hydrogen-bond acceptors (Lipinski definition) is 6. The zero-order chi connectivity index (χ0) is 18.1. The fourth-order valence-corrected chi connectivity index (χ4v) is 3.47. The van der Waals surface area contributed by atoms with E-state index in [4.69, 9.17) is 9.15 Å². The lowest BCUT2D eigenvalue weighted by Crippen LogP contribution is -2.23. The van der Waals surface area contributed by atoms with Crippen LogP contribution in [0, 0.1) is 6.92 Å². The largest absolute Gasteiger partial charge is 0.494 e. The first-order valence-corrected chi connectivity index (χ1v) is 9.15. The Bertz CT molecular complexity index is 1160. The van der Waals surface area contributed by atoms with E-state index < -0.39 is 0 Å². The molecule has 0 aliphatic heterocycles. The molecule has 0 saturated heterocycles. The predicted octanol–water partition coefficient (Wildman–Crippen LogP) is 3.06. The molecule has 132 valence electrons. The Balaban J connectivity index is 1.67. The summed E-state index contributed by atoms with van der Waals surface area (Å²) in [6.07, 6.45) is 4.38. The SMILES string of the molecule is CCCOc1ccc(-c2nc3s/c(=C\c4coc(C)c4)c(=O)n3n2)cc1. The molecule has 0 fully saturated rings. The Morgan fingerprint density at radius 2 is 2.12 bits per heavy atom. The summed E-state index contributed by atoms with van der Waals surface area (Å²) in [4.78, 5) is 17.6. The van der Waals surface area contributed by atoms with Crippen LogP contribution in [0.5, 0.6) is 5.75 Å². The zero-order valence-corrected chi connectivity index (χ0v) is 15.2. The molecule has 0 aliphatic carbocycles. The molecule has 26 heavy (non-hydrogen) atoms. The van der Waals surface area contributed by atoms with Crippen LogP contribution in [0.4, 0.5) is 0 Å². The van der Waals surface area contributed by atoms with E-state index in [0.29, 0.717) is 21.9 Å². The molecular formula is C19H17N3O3S. The van der Waals surface area contributed by atoms with Crippen molar-refractivity contribution in [2.75, 3.05) is 6.61 Å². The van der Waals surface area contributed by atoms with Gasteiger partial charge in [0.05, 0.1) is 17.4 Å². The van der Waals surface area contributed by atoms with Crippen LogP contribution in [0.25, 0.3) is 22.4 Å². The highest BCUT2D eigenvalue weighted by atomic mass is 32.1. The summed E-state index contributed by atoms with van der Waals surface area (Å²) in [5.41, 5.74) is 1.53. The summed E-state index contributed by atoms with van der Waals surface area (Å²) in [5.74, 6) is 2.14. The van der Waals surface area contributed by atoms with Gasteiger partial charge in [-0.2, -0.15) is 9.50 Å². The van der Waals surface area contributed by atoms with Crippen LogP contribution >= 0.6 is 11.3 Å². The van der Waals surface area contributed by atoms with Gasteiger partial charge >= 0.3 is 0 Å². The van der Waals surface area contributed by atoms with Crippen LogP contribution in [0.3, 0.4) is 0 Å². The molecular weight excluding hydrogens is 350 g/mol. The molecule has 0 radical (unpaired) electrons. The number of furan rings is 1. The molecule has 7 heteroatoms. The van der Waals surface area contributed by atoms with E-state index in [9.17, 15) is 4.79 Å². The quantitative estimate of drug-likeness (QED) is 0.542. The molecule has 0 amide bonds. The van der Waals surface area contributed by atoms with Gasteiger partial charge in [-0.25, -0.2) is 0 Å². The van der Waals surface area contributed by atoms with Gasteiger partial charge in [0.1, 0.15) is 11.5 Å². The van der Waals surface area contributed by atoms with Crippen molar-refractivity contribution in [2.45, 2.75) is 20.3 Å². The normalized spacial score (nSPS) is 12.2. The molecule has 0 aliphatic rings. The van der Waals surface area contributed by atoms with E-state index in [1.807, 2.05) is 37.3 Å². The van der Waals surface area contributed by atoms with E-state index >= 15 is 0 Å². The van der Waals surface area contributed by atoms with Crippen LogP contribution in [0.15, 0.2) is 45.8 Å². The summed E-state index contributed by atoms with van der Waals surface area (Å²) >= 11 is 1.31. The van der Waals surface area contributed by atoms with E-state index in [2.05, 4.69) is 17.0 Å². The first kappa shape index (κ1) is 16.5. The van der Waals surface area contributed by atoms with Gasteiger partial charge < -0.3 is 9.15 Å². The summed E-state index contributed by atoms with van der Waals surface area (Å²) < 4.78 is 12.8. The van der Waals surface area contributed by atoms with Crippen molar-refractivity contribution in [3.8, 4) is 17.1 Å². The average molecular weight is 367 g/mol. The van der Waals surface area contributed by atoms with Gasteiger partial charge in [0.2, 0.25) is 4.96 Å². The third kappa shape index (κ3) is 3.13. The van der Waals surface area contributed by atoms with E-state index in [0.717, 1.165) is 29.1 Å². The maximum absolute atomic E-state index is 12.5. The van der Waals surface area contributed by atoms with Crippen molar-refractivity contribution in [3.63, 3.8) is 0 Å². The van der Waals surface area contributed by atoms with Crippen LogP contribution in [0.2, 0.25) is 0 Å². The van der Waals surface area contributed by atoms with Crippen LogP contribution in [0.1, 0.15) is 24.7 Å². The Morgan fingerprint density at radius 3 is 2.77 bits per heavy atom. The van der Waals surface area contributed by atoms with Crippen molar-refractivity contribution in [3.05, 3.63) is 62.8 Å². The Labute approximate surface area is 153 Å². The molecule has 0 saturated carbocycles. The number of hydrogen-bond donors (Lipinski definition) is 0. The van der Waals surface area contributed by atoms with Gasteiger partial charge in [-0.1, -0.05) is 18.3 Å². The summed E-state index contributed by atoms with van der Waals surface area (Å²) in [6, 6.07) is 9.45. The van der Waals surface area contributed by atoms with Crippen LogP contribution in [-0.4, -0.2) is 21.2 Å². The number of thiazole rings is 1. The standard InChI is InChI=1S/C19H17N3O3S/c1-3-8-24-15-6-4-14(5-7-15)17-20-19-22(21-17)18(23)16(26-19)10-13-9-12(2)25-11-13/h4-7,9-11H,3,8H2,1-2H3/b16-10-. The van der Waals surface area contributed by atoms with Crippen LogP contribution < -0.4 is 14.8 Å². The molecule has 0 atom stereocenters. The van der Waals surface area contributed by atoms with Crippen molar-refractivity contribution in [1.82, 2.24) is 14.6 Å². The number of fused-ring (bicyclic) bond motifs is 1. The molecule has 0 unspecified atom stereocenters. The number of aromatic nitrogens is 3. The molecule has 6 nitrogen and oxygen atoms in total. The minimum atomic E-state index is -0.175. The Morgan fingerprint density at radius 1 is 1.31 bits per heavy atom. The highest BCUT2D eigenvalue weighted by Crippen LogP contribution is 2.20. The van der Waals surface area contributed by atoms with Gasteiger partial charge in [-0.05, 0) is 49.8 Å². The van der Waals surface area contributed by atoms with Gasteiger partial charge in [0.25, 0.3) is 5.56 Å². The molecule has 3 heterocycles. The van der Waals surface area contributed by atoms with Crippen molar-refractivity contribution >= 4 is 22.4 Å². The average Bonchev–Trinajstić information content (AvgIpc) is 3.32. The fourth-order valence-electron chi connectivity index (χ4n) is 2.57. The van der Waals surface area contributed by atoms with E-state index in [-0.39, 0.29) is 5.56 Å². The Hall–Kier alpha value is -2.93. The lowest BCUT2D eigenvalue weighted by Gasteiger charge is -2.04. The second-order valence-corrected chi connectivity index (χ2v) is 6.92. The summed E-state index contributed by atoms with van der Waals surface area (Å²) in [7, 11) is 0. The third-order valence-electron chi connectivity index (χ3n) is 3.82. The first-order chi connectivity index (χ1) is 12.6. The van der Waals surface area contributed by atoms with E-state index in [1.165, 1.54) is 15.9 Å². The molecule has 4 aromatic rings. The smallest absolute Gasteiger partial charge is 0.291 e. The predicted molar refractivity (Wildman–Crippen MR) is 101 cm³/mol. The first-order valence-electron chi connectivity index (χ1n) is 8.33. The topological polar surface area (TPSA) is 69.6 Å². The minimum Gasteiger partial charge on any atom is -0.494 e. The maximum atomic E-state index is 12.5. The fraction of sp³-hybridized carbons (Fsp3) is 0.211. The van der Waals surface area contributed by atoms with Gasteiger partial charge in [0, 0.05) is 11.1 Å². The monoisotopic (exact) mass is 367 g/mol. The molecule has 1 aromatic carbocycles.